The Labute approximate surface area is 88.9 Å². The predicted molar refractivity (Wildman–Crippen MR) is 55.6 cm³/mol. The van der Waals surface area contributed by atoms with Crippen LogP contribution >= 0.6 is 0 Å². The molecule has 1 aromatic rings. The van der Waals surface area contributed by atoms with Crippen LogP contribution in [0.5, 0.6) is 5.75 Å². The lowest BCUT2D eigenvalue weighted by molar-refractivity contribution is -0.141. The molecule has 0 fully saturated rings. The van der Waals surface area contributed by atoms with Gasteiger partial charge in [-0.3, -0.25) is 9.78 Å². The van der Waals surface area contributed by atoms with Gasteiger partial charge in [0, 0.05) is 12.1 Å². The highest BCUT2D eigenvalue weighted by molar-refractivity contribution is 5.70. The van der Waals surface area contributed by atoms with Gasteiger partial charge in [-0.05, 0) is 18.6 Å². The number of hydrogen-bond donors (Lipinski definition) is 1. The van der Waals surface area contributed by atoms with Gasteiger partial charge in [0.25, 0.3) is 0 Å². The standard InChI is InChI=1S/C11H15NO3/c1-3-8(7-10(14)15-2)11-9(13)5-4-6-12-11/h4-6,8,13H,3,7H2,1-2H3. The van der Waals surface area contributed by atoms with Gasteiger partial charge in [-0.15, -0.1) is 0 Å². The van der Waals surface area contributed by atoms with Crippen LogP contribution in [0.25, 0.3) is 0 Å². The van der Waals surface area contributed by atoms with E-state index in [1.165, 1.54) is 7.11 Å². The van der Waals surface area contributed by atoms with Crippen molar-refractivity contribution in [2.75, 3.05) is 7.11 Å². The smallest absolute Gasteiger partial charge is 0.306 e. The number of aromatic hydroxyl groups is 1. The van der Waals surface area contributed by atoms with Gasteiger partial charge in [-0.25, -0.2) is 0 Å². The second kappa shape index (κ2) is 5.34. The summed E-state index contributed by atoms with van der Waals surface area (Å²) in [5.41, 5.74) is 0.561. The summed E-state index contributed by atoms with van der Waals surface area (Å²) in [6.07, 6.45) is 2.59. The van der Waals surface area contributed by atoms with Crippen LogP contribution in [-0.2, 0) is 9.53 Å². The van der Waals surface area contributed by atoms with Crippen LogP contribution in [0.2, 0.25) is 0 Å². The molecular weight excluding hydrogens is 194 g/mol. The number of aromatic nitrogens is 1. The van der Waals surface area contributed by atoms with Crippen LogP contribution in [0, 0.1) is 0 Å². The number of pyridine rings is 1. The maximum Gasteiger partial charge on any atom is 0.306 e. The van der Waals surface area contributed by atoms with Crippen LogP contribution in [-0.4, -0.2) is 23.2 Å². The van der Waals surface area contributed by atoms with Crippen molar-refractivity contribution in [1.82, 2.24) is 4.98 Å². The summed E-state index contributed by atoms with van der Waals surface area (Å²) in [7, 11) is 1.35. The zero-order chi connectivity index (χ0) is 11.3. The first-order valence-electron chi connectivity index (χ1n) is 4.89. The Morgan fingerprint density at radius 2 is 2.40 bits per heavy atom. The first-order chi connectivity index (χ1) is 7.19. The minimum atomic E-state index is -0.285. The molecule has 0 saturated carbocycles. The molecule has 1 N–H and O–H groups in total. The average Bonchev–Trinajstić information content (AvgIpc) is 2.26. The lowest BCUT2D eigenvalue weighted by Gasteiger charge is -2.13. The van der Waals surface area contributed by atoms with Gasteiger partial charge in [-0.1, -0.05) is 6.92 Å². The van der Waals surface area contributed by atoms with Crippen molar-refractivity contribution in [1.29, 1.82) is 0 Å². The summed E-state index contributed by atoms with van der Waals surface area (Å²) in [5.74, 6) is -0.237. The molecule has 1 unspecified atom stereocenters. The Morgan fingerprint density at radius 3 is 2.93 bits per heavy atom. The van der Waals surface area contributed by atoms with Crippen molar-refractivity contribution in [3.8, 4) is 5.75 Å². The molecule has 4 heteroatoms. The van der Waals surface area contributed by atoms with Gasteiger partial charge in [0.1, 0.15) is 5.75 Å². The van der Waals surface area contributed by atoms with E-state index in [0.29, 0.717) is 5.69 Å². The molecule has 1 aromatic heterocycles. The summed E-state index contributed by atoms with van der Waals surface area (Å²) in [5, 5.41) is 9.58. The monoisotopic (exact) mass is 209 g/mol. The van der Waals surface area contributed by atoms with Crippen molar-refractivity contribution < 1.29 is 14.6 Å². The van der Waals surface area contributed by atoms with Gasteiger partial charge < -0.3 is 9.84 Å². The van der Waals surface area contributed by atoms with Crippen molar-refractivity contribution in [3.63, 3.8) is 0 Å². The Kier molecular flexibility index (Phi) is 4.09. The third kappa shape index (κ3) is 2.94. The Balaban J connectivity index is 2.83. The molecule has 0 aliphatic rings. The number of carbonyl (C=O) groups is 1. The van der Waals surface area contributed by atoms with Crippen molar-refractivity contribution in [2.45, 2.75) is 25.7 Å². The SMILES string of the molecule is CCC(CC(=O)OC)c1ncccc1O. The minimum Gasteiger partial charge on any atom is -0.506 e. The van der Waals surface area contributed by atoms with Gasteiger partial charge in [0.15, 0.2) is 0 Å². The molecule has 1 atom stereocenters. The molecule has 0 amide bonds. The molecule has 0 aliphatic carbocycles. The number of rotatable bonds is 4. The van der Waals surface area contributed by atoms with E-state index in [1.54, 1.807) is 18.3 Å². The fourth-order valence-corrected chi connectivity index (χ4v) is 1.44. The number of carbonyl (C=O) groups excluding carboxylic acids is 1. The average molecular weight is 209 g/mol. The van der Waals surface area contributed by atoms with Crippen molar-refractivity contribution in [2.24, 2.45) is 0 Å². The number of hydrogen-bond acceptors (Lipinski definition) is 4. The Bertz CT molecular complexity index is 338. The van der Waals surface area contributed by atoms with E-state index in [9.17, 15) is 9.90 Å². The van der Waals surface area contributed by atoms with Crippen LogP contribution in [0.3, 0.4) is 0 Å². The van der Waals surface area contributed by atoms with Gasteiger partial charge in [0.2, 0.25) is 0 Å². The second-order valence-corrected chi connectivity index (χ2v) is 3.29. The van der Waals surface area contributed by atoms with Crippen LogP contribution in [0.4, 0.5) is 0 Å². The fourth-order valence-electron chi connectivity index (χ4n) is 1.44. The molecule has 15 heavy (non-hydrogen) atoms. The summed E-state index contributed by atoms with van der Waals surface area (Å²) in [6, 6.07) is 3.23. The van der Waals surface area contributed by atoms with E-state index in [2.05, 4.69) is 9.72 Å². The van der Waals surface area contributed by atoms with Crippen LogP contribution < -0.4 is 0 Å². The molecule has 0 radical (unpaired) electrons. The molecule has 0 saturated heterocycles. The Morgan fingerprint density at radius 1 is 1.67 bits per heavy atom. The maximum atomic E-state index is 11.1. The number of ether oxygens (including phenoxy) is 1. The van der Waals surface area contributed by atoms with Gasteiger partial charge in [0.05, 0.1) is 19.2 Å². The predicted octanol–water partition coefficient (Wildman–Crippen LogP) is 1.84. The topological polar surface area (TPSA) is 59.4 Å². The number of nitrogens with zero attached hydrogens (tertiary/aromatic N) is 1. The zero-order valence-electron chi connectivity index (χ0n) is 8.93. The third-order valence-electron chi connectivity index (χ3n) is 2.34. The maximum absolute atomic E-state index is 11.1. The summed E-state index contributed by atoms with van der Waals surface area (Å²) in [4.78, 5) is 15.2. The largest absolute Gasteiger partial charge is 0.506 e. The van der Waals surface area contributed by atoms with E-state index < -0.39 is 0 Å². The normalized spacial score (nSPS) is 12.1. The van der Waals surface area contributed by atoms with Crippen LogP contribution in [0.1, 0.15) is 31.4 Å². The fraction of sp³-hybridized carbons (Fsp3) is 0.455. The molecule has 1 rings (SSSR count). The third-order valence-corrected chi connectivity index (χ3v) is 2.34. The van der Waals surface area contributed by atoms with E-state index >= 15 is 0 Å². The van der Waals surface area contributed by atoms with E-state index in [4.69, 9.17) is 0 Å². The van der Waals surface area contributed by atoms with Crippen molar-refractivity contribution >= 4 is 5.97 Å². The van der Waals surface area contributed by atoms with E-state index in [-0.39, 0.29) is 24.1 Å². The van der Waals surface area contributed by atoms with E-state index in [1.807, 2.05) is 6.92 Å². The van der Waals surface area contributed by atoms with Crippen molar-refractivity contribution in [3.05, 3.63) is 24.0 Å². The number of esters is 1. The highest BCUT2D eigenvalue weighted by Gasteiger charge is 2.18. The molecule has 0 aliphatic heterocycles. The van der Waals surface area contributed by atoms with Gasteiger partial charge in [-0.2, -0.15) is 0 Å². The lowest BCUT2D eigenvalue weighted by atomic mass is 9.97. The summed E-state index contributed by atoms with van der Waals surface area (Å²) in [6.45, 7) is 1.95. The highest BCUT2D eigenvalue weighted by Crippen LogP contribution is 2.28. The first kappa shape index (κ1) is 11.5. The summed E-state index contributed by atoms with van der Waals surface area (Å²) >= 11 is 0. The molecular formula is C11H15NO3. The molecule has 82 valence electrons. The molecule has 0 aromatic carbocycles. The Hall–Kier alpha value is -1.58. The molecule has 4 nitrogen and oxygen atoms in total. The molecule has 0 bridgehead atoms. The number of methoxy groups -OCH3 is 1. The summed E-state index contributed by atoms with van der Waals surface area (Å²) < 4.78 is 4.60. The first-order valence-corrected chi connectivity index (χ1v) is 4.89. The van der Waals surface area contributed by atoms with Gasteiger partial charge >= 0.3 is 5.97 Å². The zero-order valence-corrected chi connectivity index (χ0v) is 8.93. The lowest BCUT2D eigenvalue weighted by Crippen LogP contribution is -2.09. The minimum absolute atomic E-state index is 0.0846. The quantitative estimate of drug-likeness (QED) is 0.769. The molecule has 1 heterocycles. The second-order valence-electron chi connectivity index (χ2n) is 3.29. The molecule has 0 spiro atoms. The highest BCUT2D eigenvalue weighted by atomic mass is 16.5. The van der Waals surface area contributed by atoms with Crippen LogP contribution in [0.15, 0.2) is 18.3 Å². The van der Waals surface area contributed by atoms with E-state index in [0.717, 1.165) is 6.42 Å².